The number of sulfonamides is 1. The zero-order valence-electron chi connectivity index (χ0n) is 16.5. The second-order valence-electron chi connectivity index (χ2n) is 7.61. The van der Waals surface area contributed by atoms with Crippen LogP contribution in [0.1, 0.15) is 18.4 Å². The maximum Gasteiger partial charge on any atom is 0.244 e. The summed E-state index contributed by atoms with van der Waals surface area (Å²) >= 11 is 0. The summed E-state index contributed by atoms with van der Waals surface area (Å²) in [6.07, 6.45) is 1.88. The topological polar surface area (TPSA) is 71.1 Å². The smallest absolute Gasteiger partial charge is 0.244 e. The number of morpholine rings is 1. The molecular weight excluding hydrogens is 366 g/mol. The highest BCUT2D eigenvalue weighted by Gasteiger charge is 2.40. The van der Waals surface area contributed by atoms with E-state index in [9.17, 15) is 8.42 Å². The minimum absolute atomic E-state index is 0.166. The van der Waals surface area contributed by atoms with Crippen LogP contribution in [-0.4, -0.2) is 83.9 Å². The van der Waals surface area contributed by atoms with E-state index in [0.717, 1.165) is 44.6 Å². The van der Waals surface area contributed by atoms with Crippen LogP contribution in [-0.2, 0) is 14.8 Å². The third kappa shape index (κ3) is 4.63. The lowest BCUT2D eigenvalue weighted by molar-refractivity contribution is -0.0427. The van der Waals surface area contributed by atoms with Crippen LogP contribution in [0.4, 0.5) is 0 Å². The van der Waals surface area contributed by atoms with Crippen LogP contribution in [0.3, 0.4) is 0 Å². The maximum absolute atomic E-state index is 13.1. The number of rotatable bonds is 6. The molecule has 1 N–H and O–H groups in total. The van der Waals surface area contributed by atoms with Crippen molar-refractivity contribution in [1.29, 1.82) is 0 Å². The molecule has 0 spiro atoms. The van der Waals surface area contributed by atoms with Gasteiger partial charge in [0.15, 0.2) is 0 Å². The number of hydrogen-bond acceptors (Lipinski definition) is 6. The van der Waals surface area contributed by atoms with Gasteiger partial charge in [0.25, 0.3) is 0 Å². The van der Waals surface area contributed by atoms with Crippen LogP contribution in [0, 0.1) is 6.92 Å². The number of piperidine rings is 1. The monoisotopic (exact) mass is 397 g/mol. The molecule has 7 nitrogen and oxygen atoms in total. The molecular formula is C19H31N3O4S. The molecule has 1 aromatic carbocycles. The van der Waals surface area contributed by atoms with Crippen LogP contribution in [0.25, 0.3) is 0 Å². The Morgan fingerprint density at radius 3 is 2.48 bits per heavy atom. The first-order valence-corrected chi connectivity index (χ1v) is 11.0. The fraction of sp³-hybridized carbons (Fsp3) is 0.684. The van der Waals surface area contributed by atoms with Crippen LogP contribution >= 0.6 is 0 Å². The molecule has 152 valence electrons. The van der Waals surface area contributed by atoms with Gasteiger partial charge >= 0.3 is 0 Å². The number of aryl methyl sites for hydroxylation is 1. The number of methoxy groups -OCH3 is 1. The number of ether oxygens (including phenoxy) is 2. The average molecular weight is 398 g/mol. The van der Waals surface area contributed by atoms with Gasteiger partial charge in [0.2, 0.25) is 10.0 Å². The van der Waals surface area contributed by atoms with Crippen molar-refractivity contribution in [3.63, 3.8) is 0 Å². The van der Waals surface area contributed by atoms with E-state index >= 15 is 0 Å². The fourth-order valence-electron chi connectivity index (χ4n) is 3.98. The van der Waals surface area contributed by atoms with Gasteiger partial charge in [-0.05, 0) is 57.6 Å². The molecule has 0 radical (unpaired) electrons. The molecule has 1 aromatic rings. The van der Waals surface area contributed by atoms with Crippen molar-refractivity contribution < 1.29 is 17.9 Å². The molecule has 0 unspecified atom stereocenters. The number of nitrogens with zero attached hydrogens (tertiary/aromatic N) is 2. The molecule has 0 amide bonds. The molecule has 2 aliphatic rings. The van der Waals surface area contributed by atoms with Gasteiger partial charge in [0, 0.05) is 25.2 Å². The standard InChI is InChI=1S/C19H31N3O4S/c1-16-4-5-17(25-3)18(14-16)27(23,24)20-15-19(6-8-21(2)9-7-19)22-10-12-26-13-11-22/h4-5,14,20H,6-13,15H2,1-3H3. The zero-order chi connectivity index (χ0) is 19.5. The Morgan fingerprint density at radius 1 is 1.19 bits per heavy atom. The van der Waals surface area contributed by atoms with Crippen molar-refractivity contribution in [2.45, 2.75) is 30.2 Å². The van der Waals surface area contributed by atoms with Crippen LogP contribution in [0.15, 0.2) is 23.1 Å². The quantitative estimate of drug-likeness (QED) is 0.775. The Labute approximate surface area is 162 Å². The van der Waals surface area contributed by atoms with E-state index in [1.54, 1.807) is 12.1 Å². The van der Waals surface area contributed by atoms with Gasteiger partial charge < -0.3 is 14.4 Å². The van der Waals surface area contributed by atoms with E-state index in [4.69, 9.17) is 9.47 Å². The highest BCUT2D eigenvalue weighted by molar-refractivity contribution is 7.89. The van der Waals surface area contributed by atoms with E-state index in [-0.39, 0.29) is 10.4 Å². The van der Waals surface area contributed by atoms with E-state index in [1.807, 2.05) is 13.0 Å². The molecule has 8 heteroatoms. The van der Waals surface area contributed by atoms with Crippen molar-refractivity contribution in [2.75, 3.05) is 60.1 Å². The zero-order valence-corrected chi connectivity index (χ0v) is 17.3. The van der Waals surface area contributed by atoms with E-state index < -0.39 is 10.0 Å². The number of nitrogens with one attached hydrogen (secondary N) is 1. The van der Waals surface area contributed by atoms with Crippen molar-refractivity contribution >= 4 is 10.0 Å². The van der Waals surface area contributed by atoms with E-state index in [2.05, 4.69) is 21.6 Å². The largest absolute Gasteiger partial charge is 0.495 e. The molecule has 27 heavy (non-hydrogen) atoms. The minimum Gasteiger partial charge on any atom is -0.495 e. The summed E-state index contributed by atoms with van der Waals surface area (Å²) in [6.45, 7) is 7.31. The van der Waals surface area contributed by atoms with Crippen LogP contribution in [0.5, 0.6) is 5.75 Å². The third-order valence-corrected chi connectivity index (χ3v) is 7.22. The first-order valence-electron chi connectivity index (χ1n) is 9.52. The molecule has 0 bridgehead atoms. The predicted molar refractivity (Wildman–Crippen MR) is 105 cm³/mol. The summed E-state index contributed by atoms with van der Waals surface area (Å²) in [7, 11) is -0.0498. The summed E-state index contributed by atoms with van der Waals surface area (Å²) in [5, 5.41) is 0. The summed E-state index contributed by atoms with van der Waals surface area (Å²) in [6, 6.07) is 5.22. The highest BCUT2D eigenvalue weighted by Crippen LogP contribution is 2.30. The summed E-state index contributed by atoms with van der Waals surface area (Å²) in [5.41, 5.74) is 0.721. The molecule has 2 saturated heterocycles. The van der Waals surface area contributed by atoms with Gasteiger partial charge in [-0.1, -0.05) is 6.07 Å². The van der Waals surface area contributed by atoms with Gasteiger partial charge in [-0.2, -0.15) is 0 Å². The van der Waals surface area contributed by atoms with Gasteiger partial charge in [0.05, 0.1) is 20.3 Å². The normalized spacial score (nSPS) is 21.9. The lowest BCUT2D eigenvalue weighted by Crippen LogP contribution is -2.62. The molecule has 0 aliphatic carbocycles. The Hall–Kier alpha value is -1.19. The average Bonchev–Trinajstić information content (AvgIpc) is 2.68. The Morgan fingerprint density at radius 2 is 1.85 bits per heavy atom. The maximum atomic E-state index is 13.1. The highest BCUT2D eigenvalue weighted by atomic mass is 32.2. The lowest BCUT2D eigenvalue weighted by atomic mass is 9.85. The molecule has 2 fully saturated rings. The Bertz CT molecular complexity index is 739. The molecule has 2 heterocycles. The van der Waals surface area contributed by atoms with Gasteiger partial charge in [-0.25, -0.2) is 13.1 Å². The molecule has 0 aromatic heterocycles. The minimum atomic E-state index is -3.66. The third-order valence-electron chi connectivity index (χ3n) is 5.80. The van der Waals surface area contributed by atoms with Crippen molar-refractivity contribution in [2.24, 2.45) is 0 Å². The lowest BCUT2D eigenvalue weighted by Gasteiger charge is -2.49. The van der Waals surface area contributed by atoms with Gasteiger partial charge in [-0.3, -0.25) is 4.90 Å². The van der Waals surface area contributed by atoms with Crippen molar-refractivity contribution in [1.82, 2.24) is 14.5 Å². The molecule has 0 atom stereocenters. The van der Waals surface area contributed by atoms with Gasteiger partial charge in [0.1, 0.15) is 10.6 Å². The Balaban J connectivity index is 1.81. The van der Waals surface area contributed by atoms with Gasteiger partial charge in [-0.15, -0.1) is 0 Å². The molecule has 0 saturated carbocycles. The second-order valence-corrected chi connectivity index (χ2v) is 9.34. The predicted octanol–water partition coefficient (Wildman–Crippen LogP) is 1.08. The number of hydrogen-bond donors (Lipinski definition) is 1. The molecule has 3 rings (SSSR count). The summed E-state index contributed by atoms with van der Waals surface area (Å²) < 4.78 is 39.8. The number of benzene rings is 1. The van der Waals surface area contributed by atoms with Crippen LogP contribution < -0.4 is 9.46 Å². The summed E-state index contributed by atoms with van der Waals surface area (Å²) in [5.74, 6) is 0.372. The Kier molecular flexibility index (Phi) is 6.43. The number of likely N-dealkylation sites (tertiary alicyclic amines) is 1. The summed E-state index contributed by atoms with van der Waals surface area (Å²) in [4.78, 5) is 4.92. The molecule has 2 aliphatic heterocycles. The fourth-order valence-corrected chi connectivity index (χ4v) is 5.35. The van der Waals surface area contributed by atoms with Crippen molar-refractivity contribution in [3.8, 4) is 5.75 Å². The van der Waals surface area contributed by atoms with Crippen LogP contribution in [0.2, 0.25) is 0 Å². The first-order chi connectivity index (χ1) is 12.9. The van der Waals surface area contributed by atoms with E-state index in [1.165, 1.54) is 7.11 Å². The second kappa shape index (κ2) is 8.45. The van der Waals surface area contributed by atoms with E-state index in [0.29, 0.717) is 25.5 Å². The first kappa shape index (κ1) is 20.5. The van der Waals surface area contributed by atoms with Crippen molar-refractivity contribution in [3.05, 3.63) is 23.8 Å². The SMILES string of the molecule is COc1ccc(C)cc1S(=O)(=O)NCC1(N2CCOCC2)CCN(C)CC1.